The molecule has 1 aromatic heterocycles. The molecule has 0 radical (unpaired) electrons. The molecule has 158 valence electrons. The fourth-order valence-corrected chi connectivity index (χ4v) is 3.35. The number of methoxy groups -OCH3 is 1. The predicted octanol–water partition coefficient (Wildman–Crippen LogP) is 3.98. The van der Waals surface area contributed by atoms with E-state index in [-0.39, 0.29) is 12.2 Å². The number of primary amides is 1. The largest absolute Gasteiger partial charge is 0.376 e. The lowest BCUT2D eigenvalue weighted by Gasteiger charge is -2.19. The molecule has 6 nitrogen and oxygen atoms in total. The smallest absolute Gasteiger partial charge is 0.220 e. The SMILES string of the molecule is COC(CC(N)=O)c1ccc(-c2ccccc2C#N)nc1NCCc1cccc(F)c1. The summed E-state index contributed by atoms with van der Waals surface area (Å²) in [7, 11) is 1.50. The van der Waals surface area contributed by atoms with E-state index in [1.165, 1.54) is 19.2 Å². The maximum atomic E-state index is 13.4. The van der Waals surface area contributed by atoms with Gasteiger partial charge in [0.2, 0.25) is 5.91 Å². The second kappa shape index (κ2) is 10.3. The van der Waals surface area contributed by atoms with Crippen molar-refractivity contribution in [2.75, 3.05) is 19.0 Å². The van der Waals surface area contributed by atoms with Crippen molar-refractivity contribution in [3.63, 3.8) is 0 Å². The van der Waals surface area contributed by atoms with Crippen molar-refractivity contribution in [2.24, 2.45) is 5.73 Å². The van der Waals surface area contributed by atoms with Gasteiger partial charge < -0.3 is 15.8 Å². The van der Waals surface area contributed by atoms with Crippen molar-refractivity contribution >= 4 is 11.7 Å². The summed E-state index contributed by atoms with van der Waals surface area (Å²) in [6.07, 6.45) is 0.0120. The molecule has 0 saturated heterocycles. The summed E-state index contributed by atoms with van der Waals surface area (Å²) < 4.78 is 18.9. The van der Waals surface area contributed by atoms with Crippen molar-refractivity contribution < 1.29 is 13.9 Å². The van der Waals surface area contributed by atoms with Gasteiger partial charge in [0.25, 0.3) is 0 Å². The van der Waals surface area contributed by atoms with Crippen LogP contribution in [-0.2, 0) is 16.0 Å². The number of carbonyl (C=O) groups is 1. The van der Waals surface area contributed by atoms with Crippen LogP contribution >= 0.6 is 0 Å². The quantitative estimate of drug-likeness (QED) is 0.547. The van der Waals surface area contributed by atoms with Crippen LogP contribution in [0.5, 0.6) is 0 Å². The van der Waals surface area contributed by atoms with E-state index >= 15 is 0 Å². The molecular formula is C24H23FN4O2. The van der Waals surface area contributed by atoms with Crippen LogP contribution in [0.15, 0.2) is 60.7 Å². The van der Waals surface area contributed by atoms with Gasteiger partial charge in [-0.05, 0) is 36.2 Å². The van der Waals surface area contributed by atoms with Crippen LogP contribution in [-0.4, -0.2) is 24.5 Å². The van der Waals surface area contributed by atoms with Crippen molar-refractivity contribution in [3.8, 4) is 17.3 Å². The number of nitriles is 1. The minimum Gasteiger partial charge on any atom is -0.376 e. The molecule has 3 rings (SSSR count). The average molecular weight is 418 g/mol. The van der Waals surface area contributed by atoms with Crippen LogP contribution in [0.3, 0.4) is 0 Å². The molecule has 2 aromatic carbocycles. The maximum Gasteiger partial charge on any atom is 0.220 e. The zero-order valence-corrected chi connectivity index (χ0v) is 17.1. The fourth-order valence-electron chi connectivity index (χ4n) is 3.35. The zero-order valence-electron chi connectivity index (χ0n) is 17.1. The number of nitrogens with one attached hydrogen (secondary N) is 1. The molecule has 0 spiro atoms. The van der Waals surface area contributed by atoms with Crippen LogP contribution < -0.4 is 11.1 Å². The Kier molecular flexibility index (Phi) is 7.31. The number of hydrogen-bond acceptors (Lipinski definition) is 5. The number of halogens is 1. The molecule has 1 atom stereocenters. The number of pyridine rings is 1. The molecule has 1 unspecified atom stereocenters. The highest BCUT2D eigenvalue weighted by atomic mass is 19.1. The second-order valence-corrected chi connectivity index (χ2v) is 6.99. The van der Waals surface area contributed by atoms with Crippen LogP contribution in [0, 0.1) is 17.1 Å². The highest BCUT2D eigenvalue weighted by Gasteiger charge is 2.20. The number of hydrogen-bond donors (Lipinski definition) is 2. The van der Waals surface area contributed by atoms with Crippen molar-refractivity contribution in [3.05, 3.63) is 83.2 Å². The van der Waals surface area contributed by atoms with Gasteiger partial charge >= 0.3 is 0 Å². The Balaban J connectivity index is 1.93. The third-order valence-electron chi connectivity index (χ3n) is 4.86. The summed E-state index contributed by atoms with van der Waals surface area (Å²) in [5.41, 5.74) is 8.73. The van der Waals surface area contributed by atoms with Crippen molar-refractivity contribution in [1.29, 1.82) is 5.26 Å². The summed E-state index contributed by atoms with van der Waals surface area (Å²) in [5, 5.41) is 12.7. The standard InChI is InChI=1S/C24H23FN4O2/c1-31-22(14-23(27)30)20-9-10-21(19-8-3-2-6-17(19)15-26)29-24(20)28-12-11-16-5-4-7-18(25)13-16/h2-10,13,22H,11-12,14H2,1H3,(H2,27,30)(H,28,29). The van der Waals surface area contributed by atoms with E-state index in [0.717, 1.165) is 5.56 Å². The molecule has 7 heteroatoms. The summed E-state index contributed by atoms with van der Waals surface area (Å²) in [6.45, 7) is 0.486. The van der Waals surface area contributed by atoms with Crippen LogP contribution in [0.4, 0.5) is 10.2 Å². The molecule has 1 amide bonds. The molecule has 3 aromatic rings. The Hall–Kier alpha value is -3.76. The lowest BCUT2D eigenvalue weighted by atomic mass is 10.0. The second-order valence-electron chi connectivity index (χ2n) is 6.99. The van der Waals surface area contributed by atoms with Crippen LogP contribution in [0.25, 0.3) is 11.3 Å². The minimum atomic E-state index is -0.568. The lowest BCUT2D eigenvalue weighted by molar-refractivity contribution is -0.120. The van der Waals surface area contributed by atoms with Gasteiger partial charge in [0.15, 0.2) is 0 Å². The van der Waals surface area contributed by atoms with E-state index < -0.39 is 12.0 Å². The van der Waals surface area contributed by atoms with Gasteiger partial charge in [-0.1, -0.05) is 36.4 Å². The number of aromatic nitrogens is 1. The number of anilines is 1. The number of rotatable bonds is 9. The lowest BCUT2D eigenvalue weighted by Crippen LogP contribution is -2.18. The molecule has 0 aliphatic carbocycles. The minimum absolute atomic E-state index is 0.00485. The van der Waals surface area contributed by atoms with Gasteiger partial charge in [-0.2, -0.15) is 5.26 Å². The maximum absolute atomic E-state index is 13.4. The number of ether oxygens (including phenoxy) is 1. The molecule has 0 bridgehead atoms. The summed E-state index contributed by atoms with van der Waals surface area (Å²) in [6, 6.07) is 19.4. The Labute approximate surface area is 180 Å². The molecule has 31 heavy (non-hydrogen) atoms. The fraction of sp³-hybridized carbons (Fsp3) is 0.208. The van der Waals surface area contributed by atoms with Crippen LogP contribution in [0.2, 0.25) is 0 Å². The van der Waals surface area contributed by atoms with E-state index in [1.54, 1.807) is 24.3 Å². The molecule has 0 aliphatic heterocycles. The zero-order chi connectivity index (χ0) is 22.2. The number of amides is 1. The molecule has 0 saturated carbocycles. The van der Waals surface area contributed by atoms with E-state index in [9.17, 15) is 14.4 Å². The normalized spacial score (nSPS) is 11.5. The van der Waals surface area contributed by atoms with Gasteiger partial charge in [0.05, 0.1) is 29.9 Å². The summed E-state index contributed by atoms with van der Waals surface area (Å²) in [5.74, 6) is -0.251. The number of nitrogens with zero attached hydrogens (tertiary/aromatic N) is 2. The number of benzene rings is 2. The first-order valence-electron chi connectivity index (χ1n) is 9.81. The Morgan fingerprint density at radius 1 is 1.23 bits per heavy atom. The first kappa shape index (κ1) is 21.9. The first-order chi connectivity index (χ1) is 15.0. The molecule has 0 aliphatic rings. The van der Waals surface area contributed by atoms with E-state index in [4.69, 9.17) is 15.5 Å². The van der Waals surface area contributed by atoms with Crippen molar-refractivity contribution in [2.45, 2.75) is 18.9 Å². The van der Waals surface area contributed by atoms with Gasteiger partial charge in [-0.25, -0.2) is 9.37 Å². The van der Waals surface area contributed by atoms with Gasteiger partial charge in [-0.15, -0.1) is 0 Å². The van der Waals surface area contributed by atoms with Crippen molar-refractivity contribution in [1.82, 2.24) is 4.98 Å². The summed E-state index contributed by atoms with van der Waals surface area (Å²) in [4.78, 5) is 16.2. The Morgan fingerprint density at radius 3 is 2.74 bits per heavy atom. The van der Waals surface area contributed by atoms with E-state index in [0.29, 0.717) is 41.2 Å². The molecule has 3 N–H and O–H groups in total. The van der Waals surface area contributed by atoms with Gasteiger partial charge in [0, 0.05) is 24.8 Å². The highest BCUT2D eigenvalue weighted by Crippen LogP contribution is 2.30. The first-order valence-corrected chi connectivity index (χ1v) is 9.81. The van der Waals surface area contributed by atoms with E-state index in [1.807, 2.05) is 24.3 Å². The predicted molar refractivity (Wildman–Crippen MR) is 117 cm³/mol. The molecule has 1 heterocycles. The van der Waals surface area contributed by atoms with Crippen LogP contribution in [0.1, 0.15) is 29.2 Å². The topological polar surface area (TPSA) is 101 Å². The number of carbonyl (C=O) groups excluding carboxylic acids is 1. The molecule has 0 fully saturated rings. The summed E-state index contributed by atoms with van der Waals surface area (Å²) >= 11 is 0. The highest BCUT2D eigenvalue weighted by molar-refractivity contribution is 5.75. The molecular weight excluding hydrogens is 395 g/mol. The Morgan fingerprint density at radius 2 is 2.03 bits per heavy atom. The average Bonchev–Trinajstić information content (AvgIpc) is 2.77. The van der Waals surface area contributed by atoms with Gasteiger partial charge in [-0.3, -0.25) is 4.79 Å². The van der Waals surface area contributed by atoms with Gasteiger partial charge in [0.1, 0.15) is 11.6 Å². The Bertz CT molecular complexity index is 1110. The van der Waals surface area contributed by atoms with E-state index in [2.05, 4.69) is 11.4 Å². The monoisotopic (exact) mass is 418 g/mol. The third-order valence-corrected chi connectivity index (χ3v) is 4.86. The third kappa shape index (κ3) is 5.65. The number of nitrogens with two attached hydrogens (primary N) is 1.